The fraction of sp³-hybridized carbons (Fsp3) is 0.143. The Morgan fingerprint density at radius 1 is 1.11 bits per heavy atom. The first kappa shape index (κ1) is 12.5. The number of halogens is 2. The van der Waals surface area contributed by atoms with Crippen LogP contribution in [-0.4, -0.2) is 9.97 Å². The molecule has 0 spiro atoms. The molecule has 0 aliphatic heterocycles. The highest BCUT2D eigenvalue weighted by molar-refractivity contribution is 7.08. The Labute approximate surface area is 118 Å². The zero-order valence-corrected chi connectivity index (χ0v) is 11.9. The van der Waals surface area contributed by atoms with Gasteiger partial charge in [0.1, 0.15) is 11.0 Å². The van der Waals surface area contributed by atoms with Crippen LogP contribution in [0.2, 0.25) is 5.15 Å². The van der Waals surface area contributed by atoms with Crippen LogP contribution < -0.4 is 0 Å². The van der Waals surface area contributed by atoms with Crippen molar-refractivity contribution in [2.45, 2.75) is 13.8 Å². The Kier molecular flexibility index (Phi) is 2.99. The van der Waals surface area contributed by atoms with Crippen LogP contribution in [0.5, 0.6) is 0 Å². The number of rotatable bonds is 1. The van der Waals surface area contributed by atoms with Crippen LogP contribution in [0.25, 0.3) is 22.3 Å². The smallest absolute Gasteiger partial charge is 0.162 e. The molecule has 0 saturated carbocycles. The van der Waals surface area contributed by atoms with E-state index >= 15 is 0 Å². The molecule has 3 rings (SSSR count). The molecule has 0 unspecified atom stereocenters. The maximum absolute atomic E-state index is 13.6. The van der Waals surface area contributed by atoms with Crippen molar-refractivity contribution in [2.75, 3.05) is 0 Å². The minimum atomic E-state index is -0.282. The van der Waals surface area contributed by atoms with Crippen LogP contribution in [0.15, 0.2) is 22.9 Å². The molecule has 0 aliphatic carbocycles. The number of benzene rings is 1. The lowest BCUT2D eigenvalue weighted by atomic mass is 10.1. The monoisotopic (exact) mass is 292 g/mol. The average Bonchev–Trinajstić information content (AvgIpc) is 2.78. The summed E-state index contributed by atoms with van der Waals surface area (Å²) >= 11 is 7.77. The molecule has 0 saturated heterocycles. The standard InChI is InChI=1S/C14H10ClFN2S/c1-7-3-9-12(4-11(7)16)17-14(18-13(9)15)10-6-19-5-8(10)2/h3-6H,1-2H3. The van der Waals surface area contributed by atoms with E-state index in [1.165, 1.54) is 6.07 Å². The summed E-state index contributed by atoms with van der Waals surface area (Å²) < 4.78 is 13.6. The number of fused-ring (bicyclic) bond motifs is 1. The van der Waals surface area contributed by atoms with Crippen molar-refractivity contribution in [1.29, 1.82) is 0 Å². The summed E-state index contributed by atoms with van der Waals surface area (Å²) in [5, 5.41) is 5.02. The van der Waals surface area contributed by atoms with E-state index in [2.05, 4.69) is 9.97 Å². The third-order valence-corrected chi connectivity index (χ3v) is 4.18. The average molecular weight is 293 g/mol. The number of hydrogen-bond acceptors (Lipinski definition) is 3. The lowest BCUT2D eigenvalue weighted by Crippen LogP contribution is -1.94. The van der Waals surface area contributed by atoms with Gasteiger partial charge in [0, 0.05) is 22.4 Å². The lowest BCUT2D eigenvalue weighted by Gasteiger charge is -2.06. The van der Waals surface area contributed by atoms with Gasteiger partial charge in [0.15, 0.2) is 5.82 Å². The maximum atomic E-state index is 13.6. The molecule has 1 aromatic carbocycles. The minimum Gasteiger partial charge on any atom is -0.228 e. The number of aryl methyl sites for hydroxylation is 2. The summed E-state index contributed by atoms with van der Waals surface area (Å²) in [6.07, 6.45) is 0. The first-order valence-corrected chi connectivity index (χ1v) is 7.05. The van der Waals surface area contributed by atoms with Gasteiger partial charge >= 0.3 is 0 Å². The summed E-state index contributed by atoms with van der Waals surface area (Å²) in [6, 6.07) is 3.08. The van der Waals surface area contributed by atoms with Gasteiger partial charge in [-0.3, -0.25) is 0 Å². The van der Waals surface area contributed by atoms with Gasteiger partial charge in [-0.15, -0.1) is 0 Å². The van der Waals surface area contributed by atoms with Gasteiger partial charge in [-0.1, -0.05) is 11.6 Å². The van der Waals surface area contributed by atoms with E-state index in [1.807, 2.05) is 17.7 Å². The topological polar surface area (TPSA) is 25.8 Å². The molecule has 2 aromatic heterocycles. The fourth-order valence-corrected chi connectivity index (χ4v) is 2.99. The van der Waals surface area contributed by atoms with Crippen molar-refractivity contribution in [3.8, 4) is 11.4 Å². The molecule has 3 aromatic rings. The number of hydrogen-bond donors (Lipinski definition) is 0. The predicted octanol–water partition coefficient (Wildman–Crippen LogP) is 4.77. The Balaban J connectivity index is 2.30. The van der Waals surface area contributed by atoms with E-state index < -0.39 is 0 Å². The van der Waals surface area contributed by atoms with Gasteiger partial charge in [0.05, 0.1) is 5.52 Å². The quantitative estimate of drug-likeness (QED) is 0.604. The van der Waals surface area contributed by atoms with Crippen LogP contribution in [0.4, 0.5) is 4.39 Å². The van der Waals surface area contributed by atoms with Gasteiger partial charge in [0.25, 0.3) is 0 Å². The Morgan fingerprint density at radius 3 is 2.58 bits per heavy atom. The van der Waals surface area contributed by atoms with Gasteiger partial charge in [-0.25, -0.2) is 14.4 Å². The third kappa shape index (κ3) is 2.11. The normalized spacial score (nSPS) is 11.2. The van der Waals surface area contributed by atoms with Crippen LogP contribution >= 0.6 is 22.9 Å². The molecule has 96 valence electrons. The minimum absolute atomic E-state index is 0.282. The van der Waals surface area contributed by atoms with E-state index in [0.29, 0.717) is 27.4 Å². The van der Waals surface area contributed by atoms with E-state index in [-0.39, 0.29) is 5.82 Å². The molecule has 2 nitrogen and oxygen atoms in total. The van der Waals surface area contributed by atoms with E-state index in [1.54, 1.807) is 24.3 Å². The predicted molar refractivity (Wildman–Crippen MR) is 77.3 cm³/mol. The summed E-state index contributed by atoms with van der Waals surface area (Å²) in [4.78, 5) is 8.73. The van der Waals surface area contributed by atoms with Crippen LogP contribution in [0.3, 0.4) is 0 Å². The zero-order valence-electron chi connectivity index (χ0n) is 10.4. The summed E-state index contributed by atoms with van der Waals surface area (Å²) in [7, 11) is 0. The highest BCUT2D eigenvalue weighted by Gasteiger charge is 2.12. The third-order valence-electron chi connectivity index (χ3n) is 3.03. The first-order chi connectivity index (χ1) is 9.06. The fourth-order valence-electron chi connectivity index (χ4n) is 1.93. The molecule has 0 amide bonds. The Morgan fingerprint density at radius 2 is 1.89 bits per heavy atom. The van der Waals surface area contributed by atoms with Gasteiger partial charge in [-0.05, 0) is 36.4 Å². The van der Waals surface area contributed by atoms with Gasteiger partial charge in [0.2, 0.25) is 0 Å². The molecule has 0 fully saturated rings. The molecule has 0 N–H and O–H groups in total. The second-order valence-corrected chi connectivity index (χ2v) is 5.53. The van der Waals surface area contributed by atoms with Crippen molar-refractivity contribution in [2.24, 2.45) is 0 Å². The van der Waals surface area contributed by atoms with Crippen molar-refractivity contribution in [1.82, 2.24) is 9.97 Å². The molecule has 0 bridgehead atoms. The van der Waals surface area contributed by atoms with Crippen molar-refractivity contribution < 1.29 is 4.39 Å². The van der Waals surface area contributed by atoms with E-state index in [4.69, 9.17) is 11.6 Å². The number of nitrogens with zero attached hydrogens (tertiary/aromatic N) is 2. The van der Waals surface area contributed by atoms with E-state index in [0.717, 1.165) is 11.1 Å². The second kappa shape index (κ2) is 4.54. The van der Waals surface area contributed by atoms with Gasteiger partial charge < -0.3 is 0 Å². The second-order valence-electron chi connectivity index (χ2n) is 4.43. The molecular weight excluding hydrogens is 283 g/mol. The molecule has 2 heterocycles. The molecule has 0 aliphatic rings. The molecular formula is C14H10ClFN2S. The Bertz CT molecular complexity index is 782. The largest absolute Gasteiger partial charge is 0.228 e. The first-order valence-electron chi connectivity index (χ1n) is 5.73. The SMILES string of the molecule is Cc1cc2c(Cl)nc(-c3cscc3C)nc2cc1F. The van der Waals surface area contributed by atoms with Crippen molar-refractivity contribution in [3.05, 3.63) is 45.0 Å². The van der Waals surface area contributed by atoms with Crippen LogP contribution in [0.1, 0.15) is 11.1 Å². The molecule has 19 heavy (non-hydrogen) atoms. The highest BCUT2D eigenvalue weighted by Crippen LogP contribution is 2.29. The molecule has 0 radical (unpaired) electrons. The van der Waals surface area contributed by atoms with Crippen molar-refractivity contribution >= 4 is 33.8 Å². The van der Waals surface area contributed by atoms with Crippen LogP contribution in [-0.2, 0) is 0 Å². The van der Waals surface area contributed by atoms with Crippen LogP contribution in [0, 0.1) is 19.7 Å². The zero-order chi connectivity index (χ0) is 13.6. The molecule has 5 heteroatoms. The summed E-state index contributed by atoms with van der Waals surface area (Å²) in [5.41, 5.74) is 3.10. The Hall–Kier alpha value is -1.52. The number of aromatic nitrogens is 2. The number of thiophene rings is 1. The van der Waals surface area contributed by atoms with E-state index in [9.17, 15) is 4.39 Å². The van der Waals surface area contributed by atoms with Crippen molar-refractivity contribution in [3.63, 3.8) is 0 Å². The maximum Gasteiger partial charge on any atom is 0.162 e. The highest BCUT2D eigenvalue weighted by atomic mass is 35.5. The summed E-state index contributed by atoms with van der Waals surface area (Å²) in [6.45, 7) is 3.69. The lowest BCUT2D eigenvalue weighted by molar-refractivity contribution is 0.620. The van der Waals surface area contributed by atoms with Gasteiger partial charge in [-0.2, -0.15) is 11.3 Å². The molecule has 0 atom stereocenters. The summed E-state index contributed by atoms with van der Waals surface area (Å²) in [5.74, 6) is 0.259.